The molecule has 2 aromatic carbocycles. The van der Waals surface area contributed by atoms with Gasteiger partial charge in [0.1, 0.15) is 15.4 Å². The molecule has 0 bridgehead atoms. The number of hydrogen-bond donors (Lipinski definition) is 2. The summed E-state index contributed by atoms with van der Waals surface area (Å²) in [5.41, 5.74) is 7.58. The van der Waals surface area contributed by atoms with Gasteiger partial charge in [-0.1, -0.05) is 17.7 Å². The molecule has 0 saturated carbocycles. The van der Waals surface area contributed by atoms with Crippen LogP contribution < -0.4 is 5.73 Å². The quantitative estimate of drug-likeness (QED) is 0.540. The molecular weight excluding hydrogens is 344 g/mol. The highest BCUT2D eigenvalue weighted by Crippen LogP contribution is 2.36. The lowest BCUT2D eigenvalue weighted by molar-refractivity contribution is 0.483. The van der Waals surface area contributed by atoms with Crippen LogP contribution in [0, 0.1) is 6.92 Å². The van der Waals surface area contributed by atoms with Crippen LogP contribution in [-0.2, 0) is 10.1 Å². The lowest BCUT2D eigenvalue weighted by atomic mass is 10.2. The lowest BCUT2D eigenvalue weighted by Gasteiger charge is -2.02. The molecule has 0 fully saturated rings. The van der Waals surface area contributed by atoms with Crippen molar-refractivity contribution in [2.75, 3.05) is 5.73 Å². The fraction of sp³-hybridized carbons (Fsp3) is 0.0714. The minimum Gasteiger partial charge on any atom is -0.398 e. The molecule has 114 valence electrons. The van der Waals surface area contributed by atoms with Gasteiger partial charge in [-0.15, -0.1) is 11.3 Å². The first kappa shape index (κ1) is 15.2. The first-order valence-electron chi connectivity index (χ1n) is 6.20. The molecule has 0 atom stereocenters. The van der Waals surface area contributed by atoms with E-state index in [9.17, 15) is 13.0 Å². The van der Waals surface area contributed by atoms with Gasteiger partial charge in [-0.3, -0.25) is 4.55 Å². The van der Waals surface area contributed by atoms with Gasteiger partial charge in [0.15, 0.2) is 0 Å². The third-order valence-corrected chi connectivity index (χ3v) is 5.64. The monoisotopic (exact) mass is 354 g/mol. The summed E-state index contributed by atoms with van der Waals surface area (Å²) in [5.74, 6) is 0. The Morgan fingerprint density at radius 1 is 1.27 bits per heavy atom. The number of nitrogens with zero attached hydrogens (tertiary/aromatic N) is 1. The van der Waals surface area contributed by atoms with Crippen molar-refractivity contribution in [3.63, 3.8) is 0 Å². The van der Waals surface area contributed by atoms with Crippen LogP contribution in [0.2, 0.25) is 5.02 Å². The molecule has 0 aliphatic heterocycles. The van der Waals surface area contributed by atoms with Crippen molar-refractivity contribution in [2.45, 2.75) is 11.8 Å². The third kappa shape index (κ3) is 2.56. The van der Waals surface area contributed by atoms with E-state index in [2.05, 4.69) is 4.98 Å². The van der Waals surface area contributed by atoms with Crippen LogP contribution in [0.4, 0.5) is 5.69 Å². The maximum atomic E-state index is 11.6. The fourth-order valence-electron chi connectivity index (χ4n) is 2.18. The van der Waals surface area contributed by atoms with Crippen molar-refractivity contribution in [1.82, 2.24) is 4.98 Å². The highest BCUT2D eigenvalue weighted by Gasteiger charge is 2.21. The van der Waals surface area contributed by atoms with Crippen LogP contribution in [-0.4, -0.2) is 18.0 Å². The molecule has 0 spiro atoms. The van der Waals surface area contributed by atoms with E-state index in [1.807, 2.05) is 0 Å². The number of anilines is 1. The first-order chi connectivity index (χ1) is 10.3. The van der Waals surface area contributed by atoms with Crippen LogP contribution in [0.1, 0.15) is 5.56 Å². The Kier molecular flexibility index (Phi) is 3.60. The standard InChI is InChI=1S/C14H11ClN2O3S2/c1-7-2-5-11-12(13(7)22(18,19)20)17-14(21-11)8-3-4-10(16)9(15)6-8/h2-6H,16H2,1H3,(H,18,19,20). The second kappa shape index (κ2) is 5.20. The molecule has 0 radical (unpaired) electrons. The Morgan fingerprint density at radius 3 is 2.64 bits per heavy atom. The zero-order chi connectivity index (χ0) is 16.1. The summed E-state index contributed by atoms with van der Waals surface area (Å²) in [6.07, 6.45) is 0. The summed E-state index contributed by atoms with van der Waals surface area (Å²) in [6, 6.07) is 8.52. The van der Waals surface area contributed by atoms with E-state index in [1.54, 1.807) is 37.3 Å². The number of aryl methyl sites for hydroxylation is 1. The van der Waals surface area contributed by atoms with Crippen LogP contribution in [0.3, 0.4) is 0 Å². The van der Waals surface area contributed by atoms with Crippen molar-refractivity contribution in [3.05, 3.63) is 40.9 Å². The topological polar surface area (TPSA) is 93.3 Å². The molecular formula is C14H11ClN2O3S2. The largest absolute Gasteiger partial charge is 0.398 e. The van der Waals surface area contributed by atoms with Crippen LogP contribution in [0.5, 0.6) is 0 Å². The average molecular weight is 355 g/mol. The SMILES string of the molecule is Cc1ccc2sc(-c3ccc(N)c(Cl)c3)nc2c1S(=O)(=O)O. The fourth-order valence-corrected chi connectivity index (χ4v) is 4.27. The number of benzene rings is 2. The Morgan fingerprint density at radius 2 is 2.00 bits per heavy atom. The first-order valence-corrected chi connectivity index (χ1v) is 8.84. The Hall–Kier alpha value is -1.67. The lowest BCUT2D eigenvalue weighted by Crippen LogP contribution is -2.01. The Bertz CT molecular complexity index is 997. The van der Waals surface area contributed by atoms with Gasteiger partial charge in [0.05, 0.1) is 15.4 Å². The van der Waals surface area contributed by atoms with Gasteiger partial charge in [-0.05, 0) is 36.8 Å². The summed E-state index contributed by atoms with van der Waals surface area (Å²) in [7, 11) is -4.35. The summed E-state index contributed by atoms with van der Waals surface area (Å²) in [6.45, 7) is 1.61. The van der Waals surface area contributed by atoms with Gasteiger partial charge in [-0.25, -0.2) is 4.98 Å². The number of aromatic nitrogens is 1. The van der Waals surface area contributed by atoms with Gasteiger partial charge in [-0.2, -0.15) is 8.42 Å². The minimum absolute atomic E-state index is 0.158. The highest BCUT2D eigenvalue weighted by atomic mass is 35.5. The third-order valence-electron chi connectivity index (χ3n) is 3.22. The van der Waals surface area contributed by atoms with E-state index in [4.69, 9.17) is 17.3 Å². The zero-order valence-electron chi connectivity index (χ0n) is 11.4. The van der Waals surface area contributed by atoms with Gasteiger partial charge in [0, 0.05) is 5.56 Å². The molecule has 3 rings (SSSR count). The maximum absolute atomic E-state index is 11.6. The molecule has 3 aromatic rings. The molecule has 0 amide bonds. The molecule has 1 aromatic heterocycles. The van der Waals surface area contributed by atoms with Gasteiger partial charge >= 0.3 is 0 Å². The van der Waals surface area contributed by atoms with E-state index < -0.39 is 10.1 Å². The van der Waals surface area contributed by atoms with Crippen molar-refractivity contribution < 1.29 is 13.0 Å². The number of thiazole rings is 1. The molecule has 22 heavy (non-hydrogen) atoms. The van der Waals surface area contributed by atoms with E-state index in [0.717, 1.165) is 5.56 Å². The van der Waals surface area contributed by atoms with E-state index in [1.165, 1.54) is 11.3 Å². The van der Waals surface area contributed by atoms with Gasteiger partial charge < -0.3 is 5.73 Å². The zero-order valence-corrected chi connectivity index (χ0v) is 13.8. The molecule has 5 nitrogen and oxygen atoms in total. The molecule has 0 unspecified atom stereocenters. The number of nitrogens with two attached hydrogens (primary N) is 1. The predicted molar refractivity (Wildman–Crippen MR) is 89.0 cm³/mol. The van der Waals surface area contributed by atoms with Crippen LogP contribution >= 0.6 is 22.9 Å². The maximum Gasteiger partial charge on any atom is 0.296 e. The summed E-state index contributed by atoms with van der Waals surface area (Å²) in [4.78, 5) is 4.20. The normalized spacial score (nSPS) is 12.0. The smallest absolute Gasteiger partial charge is 0.296 e. The summed E-state index contributed by atoms with van der Waals surface area (Å²) >= 11 is 7.33. The molecule has 1 heterocycles. The molecule has 0 aliphatic rings. The second-order valence-electron chi connectivity index (χ2n) is 4.79. The molecule has 3 N–H and O–H groups in total. The Labute approximate surface area is 136 Å². The highest BCUT2D eigenvalue weighted by molar-refractivity contribution is 7.86. The van der Waals surface area contributed by atoms with Gasteiger partial charge in [0.2, 0.25) is 0 Å². The minimum atomic E-state index is -4.35. The Balaban J connectivity index is 2.28. The number of rotatable bonds is 2. The van der Waals surface area contributed by atoms with Crippen molar-refractivity contribution >= 4 is 49.0 Å². The number of halogens is 1. The molecule has 0 saturated heterocycles. The molecule has 8 heteroatoms. The number of hydrogen-bond acceptors (Lipinski definition) is 5. The number of fused-ring (bicyclic) bond motifs is 1. The predicted octanol–water partition coefficient (Wildman–Crippen LogP) is 3.75. The van der Waals surface area contributed by atoms with E-state index in [0.29, 0.717) is 26.0 Å². The van der Waals surface area contributed by atoms with Crippen molar-refractivity contribution in [3.8, 4) is 10.6 Å². The van der Waals surface area contributed by atoms with Crippen molar-refractivity contribution in [1.29, 1.82) is 0 Å². The van der Waals surface area contributed by atoms with Gasteiger partial charge in [0.25, 0.3) is 10.1 Å². The van der Waals surface area contributed by atoms with E-state index in [-0.39, 0.29) is 10.4 Å². The average Bonchev–Trinajstić information content (AvgIpc) is 2.83. The van der Waals surface area contributed by atoms with E-state index >= 15 is 0 Å². The second-order valence-corrected chi connectivity index (χ2v) is 7.58. The summed E-state index contributed by atoms with van der Waals surface area (Å²) in [5, 5.41) is 1.01. The van der Waals surface area contributed by atoms with Crippen molar-refractivity contribution in [2.24, 2.45) is 0 Å². The molecule has 0 aliphatic carbocycles. The van der Waals surface area contributed by atoms with Crippen LogP contribution in [0.15, 0.2) is 35.2 Å². The summed E-state index contributed by atoms with van der Waals surface area (Å²) < 4.78 is 33.3. The number of nitrogen functional groups attached to an aromatic ring is 1. The van der Waals surface area contributed by atoms with Crippen LogP contribution in [0.25, 0.3) is 20.8 Å².